The number of rotatable bonds is 8. The van der Waals surface area contributed by atoms with Crippen molar-refractivity contribution < 1.29 is 55.1 Å². The lowest BCUT2D eigenvalue weighted by Crippen LogP contribution is -2.66. The van der Waals surface area contributed by atoms with E-state index in [-0.39, 0.29) is 60.6 Å². The number of halogens is 2. The molecule has 1 aliphatic heterocycles. The Hall–Kier alpha value is -1.86. The molecule has 7 rings (SSSR count). The van der Waals surface area contributed by atoms with Gasteiger partial charge < -0.3 is 18.9 Å². The van der Waals surface area contributed by atoms with Crippen LogP contribution in [0.1, 0.15) is 58.3 Å². The Labute approximate surface area is 212 Å². The van der Waals surface area contributed by atoms with Crippen LogP contribution in [0, 0.1) is 35.5 Å². The van der Waals surface area contributed by atoms with Crippen molar-refractivity contribution in [3.63, 3.8) is 0 Å². The Morgan fingerprint density at radius 3 is 2.43 bits per heavy atom. The van der Waals surface area contributed by atoms with Gasteiger partial charge in [-0.2, -0.15) is 17.2 Å². The van der Waals surface area contributed by atoms with E-state index >= 15 is 0 Å². The summed E-state index contributed by atoms with van der Waals surface area (Å²) in [7, 11) is -5.97. The molecule has 7 aliphatic rings. The number of hydrogen-bond acceptors (Lipinski definition) is 9. The highest BCUT2D eigenvalue weighted by atomic mass is 32.2. The Balaban J connectivity index is 1.12. The maximum Gasteiger partial charge on any atom is 0.465 e. The molecule has 7 fully saturated rings. The molecule has 7 atom stereocenters. The van der Waals surface area contributed by atoms with Crippen molar-refractivity contribution in [2.75, 3.05) is 6.61 Å². The van der Waals surface area contributed by atoms with Crippen molar-refractivity contribution >= 4 is 28.0 Å². The van der Waals surface area contributed by atoms with Gasteiger partial charge in [-0.1, -0.05) is 6.92 Å². The molecule has 7 unspecified atom stereocenters. The summed E-state index contributed by atoms with van der Waals surface area (Å²) in [5, 5.41) is -5.06. The monoisotopic (exact) mass is 548 g/mol. The SMILES string of the molecule is CCC1(OC(=O)C(F)(F)S(=O)(=O)O)C2CC3CC1CC(OCC(=O)OC1C4CC5C(=O)OC1C5C4)(C3)C2. The first-order valence-electron chi connectivity index (χ1n) is 12.9. The molecule has 1 saturated heterocycles. The smallest absolute Gasteiger partial charge is 0.458 e. The summed E-state index contributed by atoms with van der Waals surface area (Å²) in [6.07, 6.45) is 3.44. The van der Waals surface area contributed by atoms with Gasteiger partial charge in [0.25, 0.3) is 0 Å². The molecule has 10 nitrogen and oxygen atoms in total. The Bertz CT molecular complexity index is 1120. The third kappa shape index (κ3) is 3.66. The zero-order valence-corrected chi connectivity index (χ0v) is 21.1. The number of hydrogen-bond donors (Lipinski definition) is 1. The van der Waals surface area contributed by atoms with Crippen LogP contribution in [0.2, 0.25) is 0 Å². The van der Waals surface area contributed by atoms with Gasteiger partial charge >= 0.3 is 33.3 Å². The number of alkyl halides is 2. The van der Waals surface area contributed by atoms with Gasteiger partial charge in [-0.15, -0.1) is 0 Å². The van der Waals surface area contributed by atoms with Crippen molar-refractivity contribution in [3.8, 4) is 0 Å². The summed E-state index contributed by atoms with van der Waals surface area (Å²) < 4.78 is 81.6. The van der Waals surface area contributed by atoms with Gasteiger partial charge in [0.2, 0.25) is 0 Å². The van der Waals surface area contributed by atoms with Gasteiger partial charge in [-0.3, -0.25) is 9.35 Å². The molecule has 0 aromatic rings. The Kier molecular flexibility index (Phi) is 5.55. The Morgan fingerprint density at radius 2 is 1.81 bits per heavy atom. The lowest BCUT2D eigenvalue weighted by molar-refractivity contribution is -0.260. The highest BCUT2D eigenvalue weighted by molar-refractivity contribution is 7.87. The molecule has 0 amide bonds. The molecule has 0 spiro atoms. The summed E-state index contributed by atoms with van der Waals surface area (Å²) in [4.78, 5) is 36.9. The largest absolute Gasteiger partial charge is 0.465 e. The molecule has 37 heavy (non-hydrogen) atoms. The van der Waals surface area contributed by atoms with Crippen molar-refractivity contribution in [3.05, 3.63) is 0 Å². The third-order valence-corrected chi connectivity index (χ3v) is 10.9. The quantitative estimate of drug-likeness (QED) is 0.273. The highest BCUT2D eigenvalue weighted by Crippen LogP contribution is 2.63. The number of esters is 3. The van der Waals surface area contributed by atoms with Gasteiger partial charge in [0.15, 0.2) is 0 Å². The van der Waals surface area contributed by atoms with E-state index in [2.05, 4.69) is 0 Å². The van der Waals surface area contributed by atoms with Gasteiger partial charge in [-0.25, -0.2) is 9.59 Å². The van der Waals surface area contributed by atoms with Crippen molar-refractivity contribution in [1.29, 1.82) is 0 Å². The fraction of sp³-hybridized carbons (Fsp3) is 0.875. The first-order chi connectivity index (χ1) is 17.3. The van der Waals surface area contributed by atoms with Gasteiger partial charge in [-0.05, 0) is 57.3 Å². The summed E-state index contributed by atoms with van der Waals surface area (Å²) in [5.41, 5.74) is -2.01. The Morgan fingerprint density at radius 1 is 1.14 bits per heavy atom. The molecule has 206 valence electrons. The minimum atomic E-state index is -5.97. The molecule has 6 aliphatic carbocycles. The van der Waals surface area contributed by atoms with Crippen LogP contribution in [0.25, 0.3) is 0 Å². The van der Waals surface area contributed by atoms with Gasteiger partial charge in [0, 0.05) is 23.7 Å². The summed E-state index contributed by atoms with van der Waals surface area (Å²) >= 11 is 0. The second-order valence-electron chi connectivity index (χ2n) is 11.9. The van der Waals surface area contributed by atoms with Crippen LogP contribution in [0.15, 0.2) is 0 Å². The number of carbonyl (C=O) groups excluding carboxylic acids is 3. The van der Waals surface area contributed by atoms with Crippen LogP contribution in [0.4, 0.5) is 8.78 Å². The van der Waals surface area contributed by atoms with Crippen molar-refractivity contribution in [2.45, 2.75) is 87.0 Å². The number of ether oxygens (including phenoxy) is 4. The molecule has 6 saturated carbocycles. The predicted molar refractivity (Wildman–Crippen MR) is 117 cm³/mol. The van der Waals surface area contributed by atoms with E-state index in [1.165, 1.54) is 0 Å². The molecular weight excluding hydrogens is 518 g/mol. The van der Waals surface area contributed by atoms with Crippen LogP contribution < -0.4 is 0 Å². The molecule has 0 aromatic heterocycles. The van der Waals surface area contributed by atoms with E-state index in [1.54, 1.807) is 6.92 Å². The maximum atomic E-state index is 14.0. The van der Waals surface area contributed by atoms with Crippen LogP contribution in [-0.2, 0) is 43.4 Å². The first kappa shape index (κ1) is 25.4. The van der Waals surface area contributed by atoms with Crippen molar-refractivity contribution in [1.82, 2.24) is 0 Å². The molecular formula is C24H30F2O10S. The molecule has 0 radical (unpaired) electrons. The zero-order chi connectivity index (χ0) is 26.5. The topological polar surface area (TPSA) is 142 Å². The van der Waals surface area contributed by atoms with E-state index in [4.69, 9.17) is 23.5 Å². The minimum Gasteiger partial charge on any atom is -0.458 e. The lowest BCUT2D eigenvalue weighted by atomic mass is 9.47. The van der Waals surface area contributed by atoms with E-state index in [9.17, 15) is 31.6 Å². The van der Waals surface area contributed by atoms with Crippen LogP contribution in [-0.4, -0.2) is 66.1 Å². The second-order valence-corrected chi connectivity index (χ2v) is 13.3. The highest BCUT2D eigenvalue weighted by Gasteiger charge is 2.67. The van der Waals surface area contributed by atoms with Gasteiger partial charge in [0.1, 0.15) is 24.4 Å². The molecule has 13 heteroatoms. The average Bonchev–Trinajstić information content (AvgIpc) is 3.44. The number of fused-ring (bicyclic) bond motifs is 1. The molecule has 1 heterocycles. The fourth-order valence-electron chi connectivity index (χ4n) is 8.78. The molecule has 0 aromatic carbocycles. The maximum absolute atomic E-state index is 14.0. The summed E-state index contributed by atoms with van der Waals surface area (Å²) in [6.45, 7) is 1.39. The normalized spacial score (nSPS) is 45.2. The van der Waals surface area contributed by atoms with E-state index in [1.807, 2.05) is 0 Å². The summed E-state index contributed by atoms with van der Waals surface area (Å²) in [6, 6.07) is 0. The zero-order valence-electron chi connectivity index (χ0n) is 20.3. The van der Waals surface area contributed by atoms with E-state index < -0.39 is 44.6 Å². The molecule has 6 bridgehead atoms. The van der Waals surface area contributed by atoms with E-state index in [0.29, 0.717) is 38.5 Å². The van der Waals surface area contributed by atoms with Crippen molar-refractivity contribution in [2.24, 2.45) is 35.5 Å². The summed E-state index contributed by atoms with van der Waals surface area (Å²) in [5.74, 6) is -3.43. The first-order valence-corrected chi connectivity index (χ1v) is 14.3. The van der Waals surface area contributed by atoms with Crippen LogP contribution in [0.5, 0.6) is 0 Å². The molecule has 1 N–H and O–H groups in total. The van der Waals surface area contributed by atoms with Crippen LogP contribution >= 0.6 is 0 Å². The van der Waals surface area contributed by atoms with E-state index in [0.717, 1.165) is 6.42 Å². The second kappa shape index (κ2) is 8.08. The van der Waals surface area contributed by atoms with Crippen LogP contribution in [0.3, 0.4) is 0 Å². The standard InChI is InChI=1S/C24H30F2O10S/c1-2-23(36-21(29)24(25,26)37(30,31)32)13-3-11-4-14(23)9-22(7-11,8-13)33-10-17(27)34-18-12-5-15-16(6-12)20(28)35-19(15)18/h11-16,18-19H,2-10H2,1H3,(H,30,31,32). The fourth-order valence-corrected chi connectivity index (χ4v) is 9.03. The minimum absolute atomic E-state index is 0.0846. The number of carbonyl (C=O) groups is 3. The lowest BCUT2D eigenvalue weighted by Gasteiger charge is -2.63. The predicted octanol–water partition coefficient (Wildman–Crippen LogP) is 2.25. The average molecular weight is 549 g/mol. The van der Waals surface area contributed by atoms with Gasteiger partial charge in [0.05, 0.1) is 11.5 Å². The third-order valence-electron chi connectivity index (χ3n) is 10.1.